The monoisotopic (exact) mass is 438 g/mol. The highest BCUT2D eigenvalue weighted by atomic mass is 19.1. The average Bonchev–Trinajstić information content (AvgIpc) is 3.44. The molecule has 9 heteroatoms. The molecule has 1 aliphatic rings. The third-order valence-electron chi connectivity index (χ3n) is 5.30. The molecule has 0 amide bonds. The van der Waals surface area contributed by atoms with E-state index in [2.05, 4.69) is 25.3 Å². The molecule has 1 fully saturated rings. The number of anilines is 2. The molecule has 0 bridgehead atoms. The Balaban J connectivity index is 1.54. The number of aryl methyl sites for hydroxylation is 1. The van der Waals surface area contributed by atoms with Crippen LogP contribution in [0.1, 0.15) is 38.4 Å². The fraction of sp³-hybridized carbons (Fsp3) is 0.391. The number of benzene rings is 1. The summed E-state index contributed by atoms with van der Waals surface area (Å²) in [6, 6.07) is 4.81. The molecule has 3 heterocycles. The van der Waals surface area contributed by atoms with Crippen LogP contribution in [0.15, 0.2) is 36.8 Å². The van der Waals surface area contributed by atoms with Gasteiger partial charge in [-0.2, -0.15) is 5.10 Å². The highest BCUT2D eigenvalue weighted by molar-refractivity contribution is 5.66. The summed E-state index contributed by atoms with van der Waals surface area (Å²) in [4.78, 5) is 22.6. The number of aldehydes is 1. The second-order valence-electron chi connectivity index (χ2n) is 8.16. The minimum atomic E-state index is -0.438. The maximum absolute atomic E-state index is 14.5. The van der Waals surface area contributed by atoms with Crippen molar-refractivity contribution in [2.75, 3.05) is 18.4 Å². The zero-order valence-corrected chi connectivity index (χ0v) is 18.5. The molecule has 8 nitrogen and oxygen atoms in total. The van der Waals surface area contributed by atoms with Gasteiger partial charge in [0.2, 0.25) is 5.95 Å². The van der Waals surface area contributed by atoms with E-state index in [4.69, 9.17) is 4.74 Å². The van der Waals surface area contributed by atoms with E-state index in [1.165, 1.54) is 6.07 Å². The first-order chi connectivity index (χ1) is 15.4. The number of nitrogens with zero attached hydrogens (tertiary/aromatic N) is 5. The van der Waals surface area contributed by atoms with E-state index in [1.54, 1.807) is 35.4 Å². The van der Waals surface area contributed by atoms with E-state index in [-0.39, 0.29) is 11.9 Å². The van der Waals surface area contributed by atoms with Crippen LogP contribution in [-0.4, -0.2) is 50.1 Å². The predicted molar refractivity (Wildman–Crippen MR) is 119 cm³/mol. The van der Waals surface area contributed by atoms with Crippen LogP contribution in [0.4, 0.5) is 16.0 Å². The van der Waals surface area contributed by atoms with Gasteiger partial charge >= 0.3 is 0 Å². The van der Waals surface area contributed by atoms with Gasteiger partial charge in [0.1, 0.15) is 0 Å². The summed E-state index contributed by atoms with van der Waals surface area (Å²) in [7, 11) is 0. The highest BCUT2D eigenvalue weighted by Gasteiger charge is 2.23. The largest absolute Gasteiger partial charge is 0.488 e. The van der Waals surface area contributed by atoms with E-state index in [0.717, 1.165) is 37.8 Å². The number of hydrogen-bond donors (Lipinski definition) is 1. The summed E-state index contributed by atoms with van der Waals surface area (Å²) in [5.74, 6) is 0.132. The van der Waals surface area contributed by atoms with Gasteiger partial charge in [-0.1, -0.05) is 0 Å². The first-order valence-electron chi connectivity index (χ1n) is 10.8. The van der Waals surface area contributed by atoms with Gasteiger partial charge in [0, 0.05) is 24.8 Å². The van der Waals surface area contributed by atoms with Gasteiger partial charge < -0.3 is 10.1 Å². The van der Waals surface area contributed by atoms with Crippen molar-refractivity contribution >= 4 is 17.9 Å². The molecular formula is C23H27FN6O2. The van der Waals surface area contributed by atoms with E-state index in [1.807, 2.05) is 20.8 Å². The van der Waals surface area contributed by atoms with E-state index < -0.39 is 12.0 Å². The minimum Gasteiger partial charge on any atom is -0.488 e. The summed E-state index contributed by atoms with van der Waals surface area (Å²) in [6.07, 6.45) is 7.62. The Labute approximate surface area is 186 Å². The van der Waals surface area contributed by atoms with E-state index in [9.17, 15) is 9.18 Å². The highest BCUT2D eigenvalue weighted by Crippen LogP contribution is 2.28. The normalized spacial score (nSPS) is 15.2. The van der Waals surface area contributed by atoms with E-state index in [0.29, 0.717) is 22.9 Å². The number of nitrogens with one attached hydrogen (secondary N) is 1. The molecule has 0 radical (unpaired) electrons. The third kappa shape index (κ3) is 4.77. The van der Waals surface area contributed by atoms with Crippen molar-refractivity contribution in [2.24, 2.45) is 0 Å². The number of carbonyl (C=O) groups excluding carboxylic acids is 1. The quantitative estimate of drug-likeness (QED) is 0.530. The molecule has 3 aromatic rings. The van der Waals surface area contributed by atoms with Crippen LogP contribution in [0.25, 0.3) is 11.3 Å². The van der Waals surface area contributed by atoms with Crippen LogP contribution in [0.3, 0.4) is 0 Å². The van der Waals surface area contributed by atoms with Crippen LogP contribution >= 0.6 is 0 Å². The Kier molecular flexibility index (Phi) is 6.45. The standard InChI is InChI=1S/C23H27FN6O2/c1-15(2)32-20-7-6-17(10-19(20)24)22-16(3)11-25-23(28-22)27-18-12-26-30(13-18)21(14-31)29-8-4-5-9-29/h6-7,10-15,21H,4-5,8-9H2,1-3H3,(H,25,27,28). The Bertz CT molecular complexity index is 1090. The van der Waals surface area contributed by atoms with Gasteiger partial charge in [-0.25, -0.2) is 19.0 Å². The number of carbonyl (C=O) groups is 1. The van der Waals surface area contributed by atoms with Crippen molar-refractivity contribution in [1.29, 1.82) is 0 Å². The molecule has 0 spiro atoms. The number of aromatic nitrogens is 4. The van der Waals surface area contributed by atoms with Crippen molar-refractivity contribution in [3.8, 4) is 17.0 Å². The summed E-state index contributed by atoms with van der Waals surface area (Å²) in [5.41, 5.74) is 2.73. The van der Waals surface area contributed by atoms with Crippen LogP contribution in [0, 0.1) is 12.7 Å². The maximum Gasteiger partial charge on any atom is 0.227 e. The first kappa shape index (κ1) is 21.9. The number of halogens is 1. The summed E-state index contributed by atoms with van der Waals surface area (Å²) >= 11 is 0. The number of ether oxygens (including phenoxy) is 1. The predicted octanol–water partition coefficient (Wildman–Crippen LogP) is 4.11. The van der Waals surface area contributed by atoms with E-state index >= 15 is 0 Å². The number of likely N-dealkylation sites (tertiary alicyclic amines) is 1. The second-order valence-corrected chi connectivity index (χ2v) is 8.16. The molecule has 1 atom stereocenters. The lowest BCUT2D eigenvalue weighted by Crippen LogP contribution is -2.31. The molecule has 1 N–H and O–H groups in total. The number of rotatable bonds is 8. The fourth-order valence-electron chi connectivity index (χ4n) is 3.79. The molecule has 1 unspecified atom stereocenters. The molecular weight excluding hydrogens is 411 g/mol. The summed E-state index contributed by atoms with van der Waals surface area (Å²) in [5, 5.41) is 7.46. The lowest BCUT2D eigenvalue weighted by Gasteiger charge is -2.22. The topological polar surface area (TPSA) is 85.2 Å². The Morgan fingerprint density at radius 1 is 1.22 bits per heavy atom. The Hall–Kier alpha value is -3.33. The molecule has 1 saturated heterocycles. The van der Waals surface area contributed by atoms with Crippen molar-refractivity contribution in [1.82, 2.24) is 24.6 Å². The third-order valence-corrected chi connectivity index (χ3v) is 5.30. The molecule has 1 aromatic carbocycles. The molecule has 4 rings (SSSR count). The van der Waals surface area contributed by atoms with Gasteiger partial charge in [-0.05, 0) is 57.4 Å². The second kappa shape index (κ2) is 9.44. The maximum atomic E-state index is 14.5. The Morgan fingerprint density at radius 2 is 2.00 bits per heavy atom. The lowest BCUT2D eigenvalue weighted by molar-refractivity contribution is -0.115. The van der Waals surface area contributed by atoms with Crippen LogP contribution < -0.4 is 10.1 Å². The molecule has 0 saturated carbocycles. The molecule has 1 aliphatic heterocycles. The fourth-order valence-corrected chi connectivity index (χ4v) is 3.79. The van der Waals surface area contributed by atoms with Crippen molar-refractivity contribution in [3.05, 3.63) is 48.2 Å². The van der Waals surface area contributed by atoms with Crippen molar-refractivity contribution < 1.29 is 13.9 Å². The van der Waals surface area contributed by atoms with Gasteiger partial charge in [0.25, 0.3) is 0 Å². The average molecular weight is 439 g/mol. The molecule has 168 valence electrons. The minimum absolute atomic E-state index is 0.114. The molecule has 0 aliphatic carbocycles. The SMILES string of the molecule is Cc1cnc(Nc2cnn(C(C=O)N3CCCC3)c2)nc1-c1ccc(OC(C)C)c(F)c1. The van der Waals surface area contributed by atoms with Gasteiger partial charge in [-0.3, -0.25) is 9.69 Å². The molecule has 2 aromatic heterocycles. The lowest BCUT2D eigenvalue weighted by atomic mass is 10.1. The summed E-state index contributed by atoms with van der Waals surface area (Å²) in [6.45, 7) is 7.34. The van der Waals surface area contributed by atoms with Crippen LogP contribution in [-0.2, 0) is 4.79 Å². The first-order valence-corrected chi connectivity index (χ1v) is 10.8. The van der Waals surface area contributed by atoms with Gasteiger partial charge in [0.15, 0.2) is 24.0 Å². The van der Waals surface area contributed by atoms with Crippen LogP contribution in [0.2, 0.25) is 0 Å². The number of hydrogen-bond acceptors (Lipinski definition) is 7. The molecule has 32 heavy (non-hydrogen) atoms. The van der Waals surface area contributed by atoms with Gasteiger partial charge in [-0.15, -0.1) is 0 Å². The van der Waals surface area contributed by atoms with Crippen molar-refractivity contribution in [3.63, 3.8) is 0 Å². The zero-order chi connectivity index (χ0) is 22.7. The van der Waals surface area contributed by atoms with Crippen LogP contribution in [0.5, 0.6) is 5.75 Å². The Morgan fingerprint density at radius 3 is 2.69 bits per heavy atom. The van der Waals surface area contributed by atoms with Crippen molar-refractivity contribution in [2.45, 2.75) is 45.9 Å². The zero-order valence-electron chi connectivity index (χ0n) is 18.5. The van der Waals surface area contributed by atoms with Gasteiger partial charge in [0.05, 0.1) is 29.9 Å². The smallest absolute Gasteiger partial charge is 0.227 e. The summed E-state index contributed by atoms with van der Waals surface area (Å²) < 4.78 is 21.6.